The lowest BCUT2D eigenvalue weighted by atomic mass is 11.0. The second-order valence-corrected chi connectivity index (χ2v) is 2.36. The van der Waals surface area contributed by atoms with Crippen LogP contribution >= 0.6 is 11.8 Å². The first-order valence-electron chi connectivity index (χ1n) is 2.09. The van der Waals surface area contributed by atoms with E-state index in [4.69, 9.17) is 5.84 Å². The van der Waals surface area contributed by atoms with Crippen molar-refractivity contribution in [2.75, 3.05) is 5.75 Å². The van der Waals surface area contributed by atoms with Crippen molar-refractivity contribution in [2.24, 2.45) is 5.84 Å². The molecule has 0 heterocycles. The molecule has 0 aromatic heterocycles. The zero-order chi connectivity index (χ0) is 5.70. The lowest BCUT2D eigenvalue weighted by Gasteiger charge is -1.97. The predicted octanol–water partition coefficient (Wildman–Crippen LogP) is 0.674. The topological polar surface area (TPSA) is 38.0 Å². The van der Waals surface area contributed by atoms with Gasteiger partial charge in [-0.2, -0.15) is 0 Å². The molecule has 0 aliphatic rings. The van der Waals surface area contributed by atoms with Crippen molar-refractivity contribution in [3.8, 4) is 0 Å². The molecule has 0 rings (SSSR count). The quantitative estimate of drug-likeness (QED) is 0.422. The van der Waals surface area contributed by atoms with Gasteiger partial charge in [0.05, 0.1) is 5.03 Å². The Hall–Kier alpha value is -0.150. The van der Waals surface area contributed by atoms with E-state index >= 15 is 0 Å². The number of rotatable bonds is 3. The van der Waals surface area contributed by atoms with Gasteiger partial charge in [-0.1, -0.05) is 13.5 Å². The Labute approximate surface area is 48.1 Å². The van der Waals surface area contributed by atoms with Gasteiger partial charge < -0.3 is 5.43 Å². The molecule has 0 spiro atoms. The molecular formula is C4H10N2S. The van der Waals surface area contributed by atoms with Gasteiger partial charge in [0.25, 0.3) is 0 Å². The summed E-state index contributed by atoms with van der Waals surface area (Å²) in [6.45, 7) is 5.64. The number of hydrazine groups is 1. The maximum atomic E-state index is 4.99. The van der Waals surface area contributed by atoms with Crippen molar-refractivity contribution in [3.05, 3.63) is 11.6 Å². The van der Waals surface area contributed by atoms with Gasteiger partial charge in [-0.3, -0.25) is 5.84 Å². The standard InChI is InChI=1S/C4H10N2S/c1-3-7-4(2)6-5/h6H,2-3,5H2,1H3. The lowest BCUT2D eigenvalue weighted by molar-refractivity contribution is 0.953. The van der Waals surface area contributed by atoms with E-state index in [0.717, 1.165) is 10.8 Å². The normalized spacial score (nSPS) is 8.29. The van der Waals surface area contributed by atoms with Gasteiger partial charge in [-0.25, -0.2) is 0 Å². The molecule has 42 valence electrons. The Morgan fingerprint density at radius 2 is 2.57 bits per heavy atom. The zero-order valence-corrected chi connectivity index (χ0v) is 5.22. The molecule has 2 nitrogen and oxygen atoms in total. The van der Waals surface area contributed by atoms with E-state index in [1.54, 1.807) is 11.8 Å². The molecule has 0 aromatic rings. The van der Waals surface area contributed by atoms with Crippen molar-refractivity contribution in [1.82, 2.24) is 5.43 Å². The molecule has 0 atom stereocenters. The van der Waals surface area contributed by atoms with Gasteiger partial charge in [0.2, 0.25) is 0 Å². The van der Waals surface area contributed by atoms with Gasteiger partial charge in [0, 0.05) is 0 Å². The third-order valence-electron chi connectivity index (χ3n) is 0.480. The fraction of sp³-hybridized carbons (Fsp3) is 0.500. The van der Waals surface area contributed by atoms with E-state index < -0.39 is 0 Å². The molecule has 0 aliphatic carbocycles. The molecule has 3 heteroatoms. The Morgan fingerprint density at radius 1 is 2.00 bits per heavy atom. The van der Waals surface area contributed by atoms with Gasteiger partial charge in [-0.15, -0.1) is 11.8 Å². The number of nitrogens with two attached hydrogens (primary N) is 1. The van der Waals surface area contributed by atoms with Crippen LogP contribution in [0.25, 0.3) is 0 Å². The first-order chi connectivity index (χ1) is 3.31. The van der Waals surface area contributed by atoms with Crippen molar-refractivity contribution < 1.29 is 0 Å². The minimum absolute atomic E-state index is 0.822. The molecule has 0 fully saturated rings. The third kappa shape index (κ3) is 3.69. The van der Waals surface area contributed by atoms with Crippen molar-refractivity contribution in [3.63, 3.8) is 0 Å². The van der Waals surface area contributed by atoms with Crippen molar-refractivity contribution >= 4 is 11.8 Å². The molecule has 0 amide bonds. The van der Waals surface area contributed by atoms with Crippen LogP contribution in [-0.4, -0.2) is 5.75 Å². The summed E-state index contributed by atoms with van der Waals surface area (Å²) in [6, 6.07) is 0. The molecule has 0 aromatic carbocycles. The maximum Gasteiger partial charge on any atom is 0.0748 e. The highest BCUT2D eigenvalue weighted by atomic mass is 32.2. The van der Waals surface area contributed by atoms with Crippen LogP contribution in [0.5, 0.6) is 0 Å². The predicted molar refractivity (Wildman–Crippen MR) is 34.6 cm³/mol. The maximum absolute atomic E-state index is 4.99. The number of thioether (sulfide) groups is 1. The van der Waals surface area contributed by atoms with Crippen molar-refractivity contribution in [2.45, 2.75) is 6.92 Å². The molecule has 0 saturated heterocycles. The van der Waals surface area contributed by atoms with Gasteiger partial charge >= 0.3 is 0 Å². The molecule has 0 radical (unpaired) electrons. The fourth-order valence-corrected chi connectivity index (χ4v) is 0.648. The summed E-state index contributed by atoms with van der Waals surface area (Å²) in [5.74, 6) is 6.00. The lowest BCUT2D eigenvalue weighted by Crippen LogP contribution is -2.18. The SMILES string of the molecule is C=C(NN)SCC. The molecular weight excluding hydrogens is 108 g/mol. The summed E-state index contributed by atoms with van der Waals surface area (Å²) in [4.78, 5) is 0. The summed E-state index contributed by atoms with van der Waals surface area (Å²) >= 11 is 1.60. The second-order valence-electron chi connectivity index (χ2n) is 1.00. The van der Waals surface area contributed by atoms with E-state index in [0.29, 0.717) is 0 Å². The second kappa shape index (κ2) is 4.02. The van der Waals surface area contributed by atoms with Gasteiger partial charge in [0.15, 0.2) is 0 Å². The minimum Gasteiger partial charge on any atom is -0.319 e. The highest BCUT2D eigenvalue weighted by molar-refractivity contribution is 8.02. The van der Waals surface area contributed by atoms with Crippen LogP contribution in [0.1, 0.15) is 6.92 Å². The van der Waals surface area contributed by atoms with E-state index in [1.165, 1.54) is 0 Å². The number of hydrogen-bond acceptors (Lipinski definition) is 3. The Bertz CT molecular complexity index is 62.7. The summed E-state index contributed by atoms with van der Waals surface area (Å²) in [5, 5.41) is 0.822. The number of hydrogen-bond donors (Lipinski definition) is 2. The van der Waals surface area contributed by atoms with E-state index in [9.17, 15) is 0 Å². The Kier molecular flexibility index (Phi) is 3.93. The molecule has 7 heavy (non-hydrogen) atoms. The Morgan fingerprint density at radius 3 is 2.71 bits per heavy atom. The fourth-order valence-electron chi connectivity index (χ4n) is 0.216. The summed E-state index contributed by atoms with van der Waals surface area (Å²) in [7, 11) is 0. The molecule has 0 saturated carbocycles. The van der Waals surface area contributed by atoms with Crippen LogP contribution in [0.2, 0.25) is 0 Å². The number of nitrogens with one attached hydrogen (secondary N) is 1. The highest BCUT2D eigenvalue weighted by Gasteiger charge is 1.82. The van der Waals surface area contributed by atoms with E-state index in [-0.39, 0.29) is 0 Å². The highest BCUT2D eigenvalue weighted by Crippen LogP contribution is 2.05. The minimum atomic E-state index is 0.822. The molecule has 3 N–H and O–H groups in total. The molecule has 0 unspecified atom stereocenters. The zero-order valence-electron chi connectivity index (χ0n) is 4.40. The van der Waals surface area contributed by atoms with Gasteiger partial charge in [-0.05, 0) is 5.75 Å². The first kappa shape index (κ1) is 6.85. The van der Waals surface area contributed by atoms with Crippen LogP contribution in [0.3, 0.4) is 0 Å². The summed E-state index contributed by atoms with van der Waals surface area (Å²) in [5.41, 5.74) is 2.43. The van der Waals surface area contributed by atoms with Crippen LogP contribution in [-0.2, 0) is 0 Å². The van der Waals surface area contributed by atoms with E-state index in [1.807, 2.05) is 6.92 Å². The monoisotopic (exact) mass is 118 g/mol. The average Bonchev–Trinajstić information content (AvgIpc) is 1.68. The van der Waals surface area contributed by atoms with Crippen LogP contribution in [0.15, 0.2) is 11.6 Å². The summed E-state index contributed by atoms with van der Waals surface area (Å²) < 4.78 is 0. The van der Waals surface area contributed by atoms with Gasteiger partial charge in [0.1, 0.15) is 0 Å². The smallest absolute Gasteiger partial charge is 0.0748 e. The summed E-state index contributed by atoms with van der Waals surface area (Å²) in [6.07, 6.45) is 0. The van der Waals surface area contributed by atoms with Crippen LogP contribution in [0, 0.1) is 0 Å². The Balaban J connectivity index is 3.00. The van der Waals surface area contributed by atoms with Crippen LogP contribution < -0.4 is 11.3 Å². The van der Waals surface area contributed by atoms with Crippen LogP contribution in [0.4, 0.5) is 0 Å². The molecule has 0 aliphatic heterocycles. The largest absolute Gasteiger partial charge is 0.319 e. The average molecular weight is 118 g/mol. The molecule has 0 bridgehead atoms. The third-order valence-corrected chi connectivity index (χ3v) is 1.23. The van der Waals surface area contributed by atoms with Crippen molar-refractivity contribution in [1.29, 1.82) is 0 Å². The first-order valence-corrected chi connectivity index (χ1v) is 3.08. The van der Waals surface area contributed by atoms with E-state index in [2.05, 4.69) is 12.0 Å².